The third-order valence-electron chi connectivity index (χ3n) is 9.71. The normalized spacial score (nSPS) is 18.0. The number of allylic oxidation sites excluding steroid dienone is 1. The number of rotatable bonds is 17. The van der Waals surface area contributed by atoms with Gasteiger partial charge in [0, 0.05) is 5.56 Å². The number of carbonyl (C=O) groups excluding carboxylic acids is 2. The molecule has 0 radical (unpaired) electrons. The lowest BCUT2D eigenvalue weighted by atomic mass is 9.82. The summed E-state index contributed by atoms with van der Waals surface area (Å²) in [5, 5.41) is -0.953. The van der Waals surface area contributed by atoms with E-state index in [2.05, 4.69) is 50.4 Å². The lowest BCUT2D eigenvalue weighted by Crippen LogP contribution is -2.41. The Labute approximate surface area is 285 Å². The standard InChI is InChI=1S/C38H63O5P.C2H6/c1-25(2)16-13-17-26(3)18-14-19-27(4)20-15-22-37(10)23-21-31-30(7)32(28(5)29(6)33(31)43-37)42-35(40)38(11,44)24-36(8,9)34(39)41-12;1-2/h25-26H,4,13-24,44H2,1-3,5-12H3;1-2H3/t26-,37+,38?;/m1./s1. The lowest BCUT2D eigenvalue weighted by Gasteiger charge is -2.38. The van der Waals surface area contributed by atoms with E-state index in [-0.39, 0.29) is 24.0 Å². The second-order valence-corrected chi connectivity index (χ2v) is 16.6. The van der Waals surface area contributed by atoms with Crippen LogP contribution in [-0.2, 0) is 20.7 Å². The second kappa shape index (κ2) is 18.6. The molecule has 1 aromatic carbocycles. The summed E-state index contributed by atoms with van der Waals surface area (Å²) in [6.45, 7) is 29.1. The summed E-state index contributed by atoms with van der Waals surface area (Å²) in [4.78, 5) is 25.7. The van der Waals surface area contributed by atoms with Crippen LogP contribution in [0.25, 0.3) is 0 Å². The number of hydrogen-bond donors (Lipinski definition) is 0. The summed E-state index contributed by atoms with van der Waals surface area (Å²) in [5.41, 5.74) is 4.34. The van der Waals surface area contributed by atoms with Crippen molar-refractivity contribution >= 4 is 21.2 Å². The molecule has 1 aliphatic rings. The van der Waals surface area contributed by atoms with Crippen molar-refractivity contribution in [2.75, 3.05) is 7.11 Å². The van der Waals surface area contributed by atoms with Gasteiger partial charge in [-0.1, -0.05) is 72.5 Å². The van der Waals surface area contributed by atoms with E-state index in [4.69, 9.17) is 14.2 Å². The fourth-order valence-corrected chi connectivity index (χ4v) is 7.28. The smallest absolute Gasteiger partial charge is 0.321 e. The zero-order chi connectivity index (χ0) is 35.5. The van der Waals surface area contributed by atoms with Crippen LogP contribution in [0, 0.1) is 38.0 Å². The SMILES string of the molecule is C=C(CCC[C@H](C)CCCC(C)C)CCC[C@@]1(C)CCc2c(C)c(OC(=O)C(C)(P)CC(C)(C)C(=O)OC)c(C)c(C)c2O1.CC. The fourth-order valence-electron chi connectivity index (χ4n) is 6.72. The minimum atomic E-state index is -0.953. The summed E-state index contributed by atoms with van der Waals surface area (Å²) in [7, 11) is 3.96. The van der Waals surface area contributed by atoms with Gasteiger partial charge in [-0.2, -0.15) is 0 Å². The Morgan fingerprint density at radius 3 is 2.11 bits per heavy atom. The Bertz CT molecular complexity index is 1160. The topological polar surface area (TPSA) is 61.8 Å². The van der Waals surface area contributed by atoms with Crippen molar-refractivity contribution in [3.8, 4) is 11.5 Å². The monoisotopic (exact) mass is 660 g/mol. The molecular weight excluding hydrogens is 591 g/mol. The maximum atomic E-state index is 13.4. The first-order chi connectivity index (χ1) is 21.3. The predicted octanol–water partition coefficient (Wildman–Crippen LogP) is 11.2. The number of ether oxygens (including phenoxy) is 3. The summed E-state index contributed by atoms with van der Waals surface area (Å²) >= 11 is 0. The molecule has 0 fully saturated rings. The molecule has 0 saturated carbocycles. The van der Waals surface area contributed by atoms with Crippen LogP contribution in [0.1, 0.15) is 155 Å². The Morgan fingerprint density at radius 1 is 0.935 bits per heavy atom. The minimum Gasteiger partial charge on any atom is -0.487 e. The van der Waals surface area contributed by atoms with Crippen LogP contribution < -0.4 is 9.47 Å². The molecule has 264 valence electrons. The molecule has 2 rings (SSSR count). The molecular formula is C40H69O5P. The van der Waals surface area contributed by atoms with Gasteiger partial charge in [0.2, 0.25) is 0 Å². The Morgan fingerprint density at radius 2 is 1.52 bits per heavy atom. The fraction of sp³-hybridized carbons (Fsp3) is 0.750. The zero-order valence-corrected chi connectivity index (χ0v) is 33.1. The summed E-state index contributed by atoms with van der Waals surface area (Å²) in [6, 6.07) is 0. The predicted molar refractivity (Wildman–Crippen MR) is 198 cm³/mol. The van der Waals surface area contributed by atoms with E-state index in [9.17, 15) is 9.59 Å². The average molecular weight is 661 g/mol. The first-order valence-electron chi connectivity index (χ1n) is 17.9. The van der Waals surface area contributed by atoms with E-state index in [0.29, 0.717) is 5.75 Å². The first kappa shape index (κ1) is 42.2. The van der Waals surface area contributed by atoms with E-state index >= 15 is 0 Å². The van der Waals surface area contributed by atoms with Crippen LogP contribution in [0.4, 0.5) is 0 Å². The molecule has 0 bridgehead atoms. The molecule has 0 N–H and O–H groups in total. The molecule has 0 amide bonds. The molecule has 0 aliphatic carbocycles. The van der Waals surface area contributed by atoms with Gasteiger partial charge >= 0.3 is 11.9 Å². The summed E-state index contributed by atoms with van der Waals surface area (Å²) in [6.07, 6.45) is 12.9. The maximum Gasteiger partial charge on any atom is 0.321 e. The zero-order valence-electron chi connectivity index (χ0n) is 32.0. The van der Waals surface area contributed by atoms with Crippen molar-refractivity contribution in [1.82, 2.24) is 0 Å². The Kier molecular flexibility index (Phi) is 17.1. The van der Waals surface area contributed by atoms with Gasteiger partial charge in [-0.15, -0.1) is 9.24 Å². The van der Waals surface area contributed by atoms with Crippen LogP contribution in [-0.4, -0.2) is 29.8 Å². The molecule has 0 spiro atoms. The molecule has 0 aromatic heterocycles. The number of hydrogen-bond acceptors (Lipinski definition) is 5. The van der Waals surface area contributed by atoms with Gasteiger partial charge < -0.3 is 14.2 Å². The van der Waals surface area contributed by atoms with Crippen molar-refractivity contribution in [3.05, 3.63) is 34.4 Å². The van der Waals surface area contributed by atoms with Gasteiger partial charge in [0.25, 0.3) is 0 Å². The van der Waals surface area contributed by atoms with E-state index in [1.54, 1.807) is 20.8 Å². The largest absolute Gasteiger partial charge is 0.487 e. The van der Waals surface area contributed by atoms with Crippen LogP contribution in [0.3, 0.4) is 0 Å². The van der Waals surface area contributed by atoms with E-state index in [1.165, 1.54) is 44.8 Å². The van der Waals surface area contributed by atoms with Crippen molar-refractivity contribution in [2.24, 2.45) is 17.3 Å². The van der Waals surface area contributed by atoms with Crippen LogP contribution in [0.2, 0.25) is 0 Å². The van der Waals surface area contributed by atoms with Gasteiger partial charge in [0.15, 0.2) is 0 Å². The molecule has 46 heavy (non-hydrogen) atoms. The van der Waals surface area contributed by atoms with E-state index < -0.39 is 10.6 Å². The van der Waals surface area contributed by atoms with Gasteiger partial charge in [-0.3, -0.25) is 9.59 Å². The van der Waals surface area contributed by atoms with Crippen LogP contribution in [0.5, 0.6) is 11.5 Å². The highest BCUT2D eigenvalue weighted by Gasteiger charge is 2.42. The Balaban J connectivity index is 0.00000518. The number of esters is 2. The number of fused-ring (bicyclic) bond motifs is 1. The quantitative estimate of drug-likeness (QED) is 0.0720. The van der Waals surface area contributed by atoms with Gasteiger partial charge in [-0.25, -0.2) is 0 Å². The third-order valence-corrected chi connectivity index (χ3v) is 10.2. The number of carbonyl (C=O) groups is 2. The van der Waals surface area contributed by atoms with E-state index in [1.807, 2.05) is 27.7 Å². The van der Waals surface area contributed by atoms with Crippen molar-refractivity contribution < 1.29 is 23.8 Å². The number of methoxy groups -OCH3 is 1. The summed E-state index contributed by atoms with van der Waals surface area (Å²) in [5.74, 6) is 2.43. The van der Waals surface area contributed by atoms with Gasteiger partial charge in [-0.05, 0) is 128 Å². The van der Waals surface area contributed by atoms with Gasteiger partial charge in [0.05, 0.1) is 17.7 Å². The molecule has 4 atom stereocenters. The van der Waals surface area contributed by atoms with Crippen molar-refractivity contribution in [3.63, 3.8) is 0 Å². The molecule has 2 unspecified atom stereocenters. The van der Waals surface area contributed by atoms with Gasteiger partial charge in [0.1, 0.15) is 17.1 Å². The highest BCUT2D eigenvalue weighted by Crippen LogP contribution is 2.46. The first-order valence-corrected chi connectivity index (χ1v) is 18.5. The highest BCUT2D eigenvalue weighted by molar-refractivity contribution is 7.20. The molecule has 1 aliphatic heterocycles. The molecule has 1 aromatic rings. The molecule has 5 nitrogen and oxygen atoms in total. The van der Waals surface area contributed by atoms with Crippen LogP contribution in [0.15, 0.2) is 12.2 Å². The number of benzene rings is 1. The lowest BCUT2D eigenvalue weighted by molar-refractivity contribution is -0.152. The Hall–Kier alpha value is -1.87. The maximum absolute atomic E-state index is 13.4. The van der Waals surface area contributed by atoms with Crippen molar-refractivity contribution in [2.45, 2.75) is 171 Å². The summed E-state index contributed by atoms with van der Waals surface area (Å²) < 4.78 is 17.8. The van der Waals surface area contributed by atoms with Crippen LogP contribution >= 0.6 is 9.24 Å². The molecule has 0 saturated heterocycles. The molecule has 6 heteroatoms. The van der Waals surface area contributed by atoms with E-state index in [0.717, 1.165) is 78.4 Å². The highest BCUT2D eigenvalue weighted by atomic mass is 31.0. The third kappa shape index (κ3) is 12.3. The average Bonchev–Trinajstić information content (AvgIpc) is 2.97. The molecule has 1 heterocycles. The second-order valence-electron chi connectivity index (χ2n) is 15.3. The van der Waals surface area contributed by atoms with Crippen molar-refractivity contribution in [1.29, 1.82) is 0 Å². The minimum absolute atomic E-state index is 0.224.